The third-order valence-electron chi connectivity index (χ3n) is 2.06. The number of hydrogen-bond donors (Lipinski definition) is 0. The molecule has 17 heavy (non-hydrogen) atoms. The number of halogens is 3. The Morgan fingerprint density at radius 2 is 2.12 bits per heavy atom. The van der Waals surface area contributed by atoms with Crippen LogP contribution in [0, 0.1) is 0 Å². The van der Waals surface area contributed by atoms with Gasteiger partial charge < -0.3 is 0 Å². The van der Waals surface area contributed by atoms with Crippen LogP contribution in [0.4, 0.5) is 13.2 Å². The highest BCUT2D eigenvalue weighted by molar-refractivity contribution is 5.35. The molecule has 0 radical (unpaired) electrons. The van der Waals surface area contributed by atoms with E-state index in [0.717, 1.165) is 4.68 Å². The average Bonchev–Trinajstić information content (AvgIpc) is 2.55. The summed E-state index contributed by atoms with van der Waals surface area (Å²) in [7, 11) is 0. The average molecular weight is 247 g/mol. The number of pyridine rings is 1. The van der Waals surface area contributed by atoms with Crippen molar-refractivity contribution in [2.24, 2.45) is 0 Å². The van der Waals surface area contributed by atoms with Crippen LogP contribution >= 0.6 is 0 Å². The first-order valence-corrected chi connectivity index (χ1v) is 4.72. The molecule has 0 fully saturated rings. The van der Waals surface area contributed by atoms with Crippen molar-refractivity contribution in [3.63, 3.8) is 0 Å². The SMILES string of the molecule is O=c1n(CCOC(F)(F)F)nc2ccccn12. The van der Waals surface area contributed by atoms with E-state index in [9.17, 15) is 18.0 Å². The van der Waals surface area contributed by atoms with Crippen LogP contribution in [0.2, 0.25) is 0 Å². The summed E-state index contributed by atoms with van der Waals surface area (Å²) in [5.74, 6) is 0. The Bertz CT molecular complexity index is 573. The van der Waals surface area contributed by atoms with Gasteiger partial charge >= 0.3 is 12.1 Å². The predicted molar refractivity (Wildman–Crippen MR) is 51.5 cm³/mol. The van der Waals surface area contributed by atoms with Crippen molar-refractivity contribution < 1.29 is 17.9 Å². The van der Waals surface area contributed by atoms with Gasteiger partial charge in [-0.3, -0.25) is 9.14 Å². The molecule has 2 aromatic rings. The molecule has 0 unspecified atom stereocenters. The Balaban J connectivity index is 2.14. The summed E-state index contributed by atoms with van der Waals surface area (Å²) in [6, 6.07) is 4.90. The first-order valence-electron chi connectivity index (χ1n) is 4.72. The molecule has 0 aliphatic heterocycles. The lowest BCUT2D eigenvalue weighted by molar-refractivity contribution is -0.325. The highest BCUT2D eigenvalue weighted by Gasteiger charge is 2.28. The minimum absolute atomic E-state index is 0.250. The predicted octanol–water partition coefficient (Wildman–Crippen LogP) is 1.03. The molecule has 0 N–H and O–H groups in total. The van der Waals surface area contributed by atoms with Crippen molar-refractivity contribution in [2.45, 2.75) is 12.9 Å². The first kappa shape index (κ1) is 11.6. The molecule has 2 rings (SSSR count). The van der Waals surface area contributed by atoms with E-state index in [2.05, 4.69) is 9.84 Å². The fraction of sp³-hybridized carbons (Fsp3) is 0.333. The number of ether oxygens (including phenoxy) is 1. The number of fused-ring (bicyclic) bond motifs is 1. The van der Waals surface area contributed by atoms with E-state index in [0.29, 0.717) is 5.65 Å². The van der Waals surface area contributed by atoms with E-state index in [-0.39, 0.29) is 6.54 Å². The lowest BCUT2D eigenvalue weighted by Gasteiger charge is -2.05. The lowest BCUT2D eigenvalue weighted by Crippen LogP contribution is -2.25. The minimum Gasteiger partial charge on any atom is -0.290 e. The van der Waals surface area contributed by atoms with Gasteiger partial charge in [0.05, 0.1) is 13.2 Å². The molecule has 0 saturated heterocycles. The van der Waals surface area contributed by atoms with Crippen molar-refractivity contribution in [3.05, 3.63) is 34.9 Å². The van der Waals surface area contributed by atoms with Gasteiger partial charge in [-0.2, -0.15) is 0 Å². The highest BCUT2D eigenvalue weighted by Crippen LogP contribution is 2.15. The zero-order valence-corrected chi connectivity index (χ0v) is 8.52. The molecule has 8 heteroatoms. The van der Waals surface area contributed by atoms with Crippen LogP contribution in [0.3, 0.4) is 0 Å². The molecule has 0 spiro atoms. The second-order valence-corrected chi connectivity index (χ2v) is 3.23. The van der Waals surface area contributed by atoms with Crippen molar-refractivity contribution in [2.75, 3.05) is 6.61 Å². The van der Waals surface area contributed by atoms with E-state index < -0.39 is 18.7 Å². The van der Waals surface area contributed by atoms with Crippen molar-refractivity contribution in [1.82, 2.24) is 14.2 Å². The number of hydrogen-bond acceptors (Lipinski definition) is 3. The van der Waals surface area contributed by atoms with E-state index in [1.807, 2.05) is 0 Å². The summed E-state index contributed by atoms with van der Waals surface area (Å²) in [4.78, 5) is 11.6. The summed E-state index contributed by atoms with van der Waals surface area (Å²) < 4.78 is 40.9. The molecule has 5 nitrogen and oxygen atoms in total. The molecule has 0 atom stereocenters. The maximum Gasteiger partial charge on any atom is 0.522 e. The van der Waals surface area contributed by atoms with Crippen LogP contribution in [0.25, 0.3) is 5.65 Å². The standard InChI is InChI=1S/C9H8F3N3O2/c10-9(11,12)17-6-5-15-8(16)14-4-2-1-3-7(14)13-15/h1-4H,5-6H2. The molecule has 0 bridgehead atoms. The normalized spacial score (nSPS) is 12.2. The van der Waals surface area contributed by atoms with Gasteiger partial charge in [-0.1, -0.05) is 6.07 Å². The maximum atomic E-state index is 11.7. The van der Waals surface area contributed by atoms with Crippen LogP contribution in [0.5, 0.6) is 0 Å². The first-order chi connectivity index (χ1) is 7.97. The number of nitrogens with zero attached hydrogens (tertiary/aromatic N) is 3. The summed E-state index contributed by atoms with van der Waals surface area (Å²) >= 11 is 0. The molecule has 0 saturated carbocycles. The molecule has 0 aliphatic rings. The van der Waals surface area contributed by atoms with Crippen LogP contribution in [-0.2, 0) is 11.3 Å². The molecular weight excluding hydrogens is 239 g/mol. The molecule has 2 aromatic heterocycles. The summed E-state index contributed by atoms with van der Waals surface area (Å²) in [5, 5.41) is 3.85. The third kappa shape index (κ3) is 2.64. The Hall–Kier alpha value is -1.83. The quantitative estimate of drug-likeness (QED) is 0.814. The maximum absolute atomic E-state index is 11.7. The number of aromatic nitrogens is 3. The Kier molecular flexibility index (Phi) is 2.88. The topological polar surface area (TPSA) is 48.5 Å². The third-order valence-corrected chi connectivity index (χ3v) is 2.06. The second-order valence-electron chi connectivity index (χ2n) is 3.23. The van der Waals surface area contributed by atoms with E-state index >= 15 is 0 Å². The van der Waals surface area contributed by atoms with Crippen LogP contribution < -0.4 is 5.69 Å². The van der Waals surface area contributed by atoms with Crippen LogP contribution in [-0.4, -0.2) is 27.2 Å². The molecule has 2 heterocycles. The summed E-state index contributed by atoms with van der Waals surface area (Å²) in [6.07, 6.45) is -3.20. The highest BCUT2D eigenvalue weighted by atomic mass is 19.4. The lowest BCUT2D eigenvalue weighted by atomic mass is 10.5. The van der Waals surface area contributed by atoms with Gasteiger partial charge in [0.1, 0.15) is 0 Å². The van der Waals surface area contributed by atoms with E-state index in [4.69, 9.17) is 0 Å². The molecule has 0 amide bonds. The zero-order valence-electron chi connectivity index (χ0n) is 8.52. The van der Waals surface area contributed by atoms with Gasteiger partial charge in [-0.15, -0.1) is 18.3 Å². The van der Waals surface area contributed by atoms with Gasteiger partial charge in [-0.25, -0.2) is 9.48 Å². The summed E-state index contributed by atoms with van der Waals surface area (Å²) in [6.45, 7) is -0.896. The van der Waals surface area contributed by atoms with Crippen molar-refractivity contribution >= 4 is 5.65 Å². The smallest absolute Gasteiger partial charge is 0.290 e. The molecule has 0 aromatic carbocycles. The molecular formula is C9H8F3N3O2. The second kappa shape index (κ2) is 4.21. The fourth-order valence-corrected chi connectivity index (χ4v) is 1.36. The van der Waals surface area contributed by atoms with E-state index in [1.165, 1.54) is 10.6 Å². The Morgan fingerprint density at radius 1 is 1.35 bits per heavy atom. The summed E-state index contributed by atoms with van der Waals surface area (Å²) in [5.41, 5.74) is -0.115. The number of alkyl halides is 3. The molecule has 0 aliphatic carbocycles. The van der Waals surface area contributed by atoms with Gasteiger partial charge in [0.25, 0.3) is 0 Å². The fourth-order valence-electron chi connectivity index (χ4n) is 1.36. The van der Waals surface area contributed by atoms with E-state index in [1.54, 1.807) is 18.2 Å². The van der Waals surface area contributed by atoms with Crippen LogP contribution in [0.15, 0.2) is 29.2 Å². The van der Waals surface area contributed by atoms with Crippen molar-refractivity contribution in [1.29, 1.82) is 0 Å². The van der Waals surface area contributed by atoms with Gasteiger partial charge in [0.2, 0.25) is 0 Å². The Labute approximate surface area is 93.0 Å². The Morgan fingerprint density at radius 3 is 2.76 bits per heavy atom. The largest absolute Gasteiger partial charge is 0.522 e. The molecule has 92 valence electrons. The van der Waals surface area contributed by atoms with Gasteiger partial charge in [0.15, 0.2) is 5.65 Å². The zero-order chi connectivity index (χ0) is 12.5. The monoisotopic (exact) mass is 247 g/mol. The minimum atomic E-state index is -4.69. The van der Waals surface area contributed by atoms with Gasteiger partial charge in [0, 0.05) is 6.20 Å². The number of rotatable bonds is 3. The van der Waals surface area contributed by atoms with Crippen molar-refractivity contribution in [3.8, 4) is 0 Å². The van der Waals surface area contributed by atoms with Gasteiger partial charge in [-0.05, 0) is 12.1 Å². The van der Waals surface area contributed by atoms with Crippen LogP contribution in [0.1, 0.15) is 0 Å².